The summed E-state index contributed by atoms with van der Waals surface area (Å²) in [5.74, 6) is -0.138. The molecule has 1 unspecified atom stereocenters. The number of carbonyl (C=O) groups is 2. The van der Waals surface area contributed by atoms with Crippen molar-refractivity contribution in [2.75, 3.05) is 13.1 Å². The zero-order valence-electron chi connectivity index (χ0n) is 11.0. The van der Waals surface area contributed by atoms with Crippen molar-refractivity contribution in [3.05, 3.63) is 35.4 Å². The van der Waals surface area contributed by atoms with E-state index in [0.29, 0.717) is 18.5 Å². The van der Waals surface area contributed by atoms with Crippen LogP contribution in [0.1, 0.15) is 42.1 Å². The molecule has 4 nitrogen and oxygen atoms in total. The van der Waals surface area contributed by atoms with E-state index in [1.165, 1.54) is 0 Å². The third-order valence-corrected chi connectivity index (χ3v) is 4.04. The molecular weight excluding hydrogens is 242 g/mol. The smallest absolute Gasteiger partial charge is 0.339 e. The Kier molecular flexibility index (Phi) is 2.81. The van der Waals surface area contributed by atoms with Gasteiger partial charge in [-0.25, -0.2) is 4.79 Å². The topological polar surface area (TPSA) is 46.6 Å². The Labute approximate surface area is 112 Å². The highest BCUT2D eigenvalue weighted by Crippen LogP contribution is 2.42. The number of likely N-dealkylation sites (tertiary alicyclic amines) is 1. The predicted molar refractivity (Wildman–Crippen MR) is 69.6 cm³/mol. The zero-order valence-corrected chi connectivity index (χ0v) is 11.0. The van der Waals surface area contributed by atoms with Gasteiger partial charge >= 0.3 is 5.97 Å². The van der Waals surface area contributed by atoms with Gasteiger partial charge in [-0.3, -0.25) is 4.79 Å². The molecule has 0 N–H and O–H groups in total. The molecule has 1 amide bonds. The van der Waals surface area contributed by atoms with Crippen LogP contribution in [-0.2, 0) is 15.1 Å². The fourth-order valence-corrected chi connectivity index (χ4v) is 3.11. The van der Waals surface area contributed by atoms with E-state index in [-0.39, 0.29) is 11.9 Å². The monoisotopic (exact) mass is 259 g/mol. The SMILES string of the molecule is CCC(=O)N1CCCC2(C1)OC(=O)c1ccccc12. The van der Waals surface area contributed by atoms with Crippen molar-refractivity contribution >= 4 is 11.9 Å². The Morgan fingerprint density at radius 3 is 3.00 bits per heavy atom. The zero-order chi connectivity index (χ0) is 13.5. The Balaban J connectivity index is 1.97. The molecule has 1 spiro atoms. The summed E-state index contributed by atoms with van der Waals surface area (Å²) in [6.07, 6.45) is 2.16. The predicted octanol–water partition coefficient (Wildman–Crippen LogP) is 2.08. The van der Waals surface area contributed by atoms with Crippen molar-refractivity contribution in [3.8, 4) is 0 Å². The number of benzene rings is 1. The Bertz CT molecular complexity index is 540. The van der Waals surface area contributed by atoms with Gasteiger partial charge < -0.3 is 9.64 Å². The van der Waals surface area contributed by atoms with Crippen molar-refractivity contribution < 1.29 is 14.3 Å². The molecule has 2 heterocycles. The molecule has 3 rings (SSSR count). The number of carbonyl (C=O) groups excluding carboxylic acids is 2. The number of hydrogen-bond acceptors (Lipinski definition) is 3. The van der Waals surface area contributed by atoms with Crippen LogP contribution in [0, 0.1) is 0 Å². The molecule has 0 radical (unpaired) electrons. The van der Waals surface area contributed by atoms with Gasteiger partial charge in [0.1, 0.15) is 0 Å². The Morgan fingerprint density at radius 1 is 1.42 bits per heavy atom. The molecule has 0 bridgehead atoms. The summed E-state index contributed by atoms with van der Waals surface area (Å²) >= 11 is 0. The van der Waals surface area contributed by atoms with Gasteiger partial charge in [0.25, 0.3) is 0 Å². The molecule has 1 fully saturated rings. The molecule has 1 aromatic carbocycles. The van der Waals surface area contributed by atoms with Crippen LogP contribution in [0.4, 0.5) is 0 Å². The number of fused-ring (bicyclic) bond motifs is 2. The van der Waals surface area contributed by atoms with Crippen molar-refractivity contribution in [1.29, 1.82) is 0 Å². The lowest BCUT2D eigenvalue weighted by Crippen LogP contribution is -2.48. The largest absolute Gasteiger partial charge is 0.449 e. The molecule has 0 aromatic heterocycles. The first-order chi connectivity index (χ1) is 9.16. The highest BCUT2D eigenvalue weighted by Gasteiger charge is 2.48. The van der Waals surface area contributed by atoms with Gasteiger partial charge in [0, 0.05) is 18.5 Å². The van der Waals surface area contributed by atoms with Crippen LogP contribution in [0.15, 0.2) is 24.3 Å². The van der Waals surface area contributed by atoms with Crippen LogP contribution in [0.5, 0.6) is 0 Å². The Hall–Kier alpha value is -1.84. The van der Waals surface area contributed by atoms with Gasteiger partial charge in [-0.1, -0.05) is 25.1 Å². The average Bonchev–Trinajstić information content (AvgIpc) is 2.71. The molecule has 0 aliphatic carbocycles. The number of ether oxygens (including phenoxy) is 1. The lowest BCUT2D eigenvalue weighted by molar-refractivity contribution is -0.138. The number of hydrogen-bond donors (Lipinski definition) is 0. The average molecular weight is 259 g/mol. The molecule has 1 aromatic rings. The first-order valence-electron chi connectivity index (χ1n) is 6.77. The number of rotatable bonds is 1. The molecule has 1 atom stereocenters. The summed E-state index contributed by atoms with van der Waals surface area (Å²) in [4.78, 5) is 25.7. The van der Waals surface area contributed by atoms with Gasteiger partial charge in [0.15, 0.2) is 5.60 Å². The molecule has 2 aliphatic rings. The van der Waals surface area contributed by atoms with Crippen molar-refractivity contribution in [2.45, 2.75) is 31.8 Å². The summed E-state index contributed by atoms with van der Waals surface area (Å²) in [6, 6.07) is 7.51. The maximum Gasteiger partial charge on any atom is 0.339 e. The van der Waals surface area contributed by atoms with Crippen LogP contribution in [0.2, 0.25) is 0 Å². The Morgan fingerprint density at radius 2 is 2.21 bits per heavy atom. The van der Waals surface area contributed by atoms with Crippen molar-refractivity contribution in [2.24, 2.45) is 0 Å². The lowest BCUT2D eigenvalue weighted by Gasteiger charge is -2.39. The van der Waals surface area contributed by atoms with Gasteiger partial charge in [0.2, 0.25) is 5.91 Å². The normalized spacial score (nSPS) is 25.3. The maximum absolute atomic E-state index is 12.0. The van der Waals surface area contributed by atoms with Crippen LogP contribution < -0.4 is 0 Å². The van der Waals surface area contributed by atoms with E-state index >= 15 is 0 Å². The molecule has 19 heavy (non-hydrogen) atoms. The van der Waals surface area contributed by atoms with Crippen LogP contribution in [0.25, 0.3) is 0 Å². The van der Waals surface area contributed by atoms with E-state index in [2.05, 4.69) is 0 Å². The minimum Gasteiger partial charge on any atom is -0.449 e. The molecular formula is C15H17NO3. The summed E-state index contributed by atoms with van der Waals surface area (Å²) in [6.45, 7) is 3.11. The summed E-state index contributed by atoms with van der Waals surface area (Å²) in [5.41, 5.74) is 0.971. The highest BCUT2D eigenvalue weighted by molar-refractivity contribution is 5.95. The first-order valence-corrected chi connectivity index (χ1v) is 6.77. The molecule has 100 valence electrons. The van der Waals surface area contributed by atoms with Crippen LogP contribution in [0.3, 0.4) is 0 Å². The van der Waals surface area contributed by atoms with Gasteiger partial charge in [-0.05, 0) is 18.9 Å². The summed E-state index contributed by atoms with van der Waals surface area (Å²) in [7, 11) is 0. The number of esters is 1. The summed E-state index contributed by atoms with van der Waals surface area (Å²) < 4.78 is 5.65. The molecule has 2 aliphatic heterocycles. The van der Waals surface area contributed by atoms with E-state index in [1.54, 1.807) is 6.07 Å². The van der Waals surface area contributed by atoms with Crippen LogP contribution >= 0.6 is 0 Å². The third kappa shape index (κ3) is 1.82. The second-order valence-corrected chi connectivity index (χ2v) is 5.20. The van der Waals surface area contributed by atoms with Crippen LogP contribution in [-0.4, -0.2) is 29.9 Å². The van der Waals surface area contributed by atoms with E-state index in [0.717, 1.165) is 24.9 Å². The minimum absolute atomic E-state index is 0.125. The highest BCUT2D eigenvalue weighted by atomic mass is 16.6. The van der Waals surface area contributed by atoms with E-state index in [4.69, 9.17) is 4.74 Å². The molecule has 4 heteroatoms. The fraction of sp³-hybridized carbons (Fsp3) is 0.467. The first kappa shape index (κ1) is 12.2. The fourth-order valence-electron chi connectivity index (χ4n) is 3.11. The number of amides is 1. The third-order valence-electron chi connectivity index (χ3n) is 4.04. The summed E-state index contributed by atoms with van der Waals surface area (Å²) in [5, 5.41) is 0. The minimum atomic E-state index is -0.614. The molecule has 1 saturated heterocycles. The van der Waals surface area contributed by atoms with Gasteiger partial charge in [-0.2, -0.15) is 0 Å². The van der Waals surface area contributed by atoms with Gasteiger partial charge in [0.05, 0.1) is 12.1 Å². The number of nitrogens with zero attached hydrogens (tertiary/aromatic N) is 1. The van der Waals surface area contributed by atoms with E-state index < -0.39 is 5.60 Å². The van der Waals surface area contributed by atoms with Gasteiger partial charge in [-0.15, -0.1) is 0 Å². The second-order valence-electron chi connectivity index (χ2n) is 5.20. The maximum atomic E-state index is 12.0. The second kappa shape index (κ2) is 4.37. The van der Waals surface area contributed by atoms with E-state index in [1.807, 2.05) is 30.0 Å². The quantitative estimate of drug-likeness (QED) is 0.725. The van der Waals surface area contributed by atoms with Crippen molar-refractivity contribution in [3.63, 3.8) is 0 Å². The standard InChI is InChI=1S/C15H17NO3/c1-2-13(17)16-9-5-8-15(10-16)12-7-4-3-6-11(12)14(18)19-15/h3-4,6-7H,2,5,8-10H2,1H3. The van der Waals surface area contributed by atoms with E-state index in [9.17, 15) is 9.59 Å². The number of piperidine rings is 1. The molecule has 0 saturated carbocycles. The van der Waals surface area contributed by atoms with Crippen molar-refractivity contribution in [1.82, 2.24) is 4.90 Å². The lowest BCUT2D eigenvalue weighted by atomic mass is 9.85.